The zero-order chi connectivity index (χ0) is 12.3. The lowest BCUT2D eigenvalue weighted by Gasteiger charge is -2.41. The molecule has 17 heavy (non-hydrogen) atoms. The van der Waals surface area contributed by atoms with Gasteiger partial charge in [-0.05, 0) is 37.5 Å². The van der Waals surface area contributed by atoms with Crippen LogP contribution in [0.15, 0.2) is 24.3 Å². The van der Waals surface area contributed by atoms with Crippen molar-refractivity contribution in [2.45, 2.75) is 38.0 Å². The molecule has 0 unspecified atom stereocenters. The van der Waals surface area contributed by atoms with Crippen molar-refractivity contribution in [1.29, 1.82) is 0 Å². The van der Waals surface area contributed by atoms with Crippen LogP contribution in [0.1, 0.15) is 38.2 Å². The highest BCUT2D eigenvalue weighted by atomic mass is 16.5. The summed E-state index contributed by atoms with van der Waals surface area (Å²) in [6.07, 6.45) is 3.32. The van der Waals surface area contributed by atoms with Gasteiger partial charge in [0.05, 0.1) is 13.0 Å². The molecule has 1 N–H and O–H groups in total. The van der Waals surface area contributed by atoms with Crippen molar-refractivity contribution in [3.8, 4) is 5.75 Å². The Morgan fingerprint density at radius 2 is 2.00 bits per heavy atom. The second-order valence-electron chi connectivity index (χ2n) is 4.66. The minimum Gasteiger partial charge on any atom is -0.494 e. The first-order valence-corrected chi connectivity index (χ1v) is 6.11. The molecule has 0 bridgehead atoms. The van der Waals surface area contributed by atoms with Crippen LogP contribution in [-0.4, -0.2) is 17.7 Å². The number of carbonyl (C=O) groups is 1. The summed E-state index contributed by atoms with van der Waals surface area (Å²) in [5, 5.41) is 8.99. The van der Waals surface area contributed by atoms with Crippen LogP contribution in [0.5, 0.6) is 5.75 Å². The van der Waals surface area contributed by atoms with E-state index in [0.717, 1.165) is 30.6 Å². The van der Waals surface area contributed by atoms with Gasteiger partial charge in [0.15, 0.2) is 0 Å². The molecule has 92 valence electrons. The Kier molecular flexibility index (Phi) is 3.36. The Labute approximate surface area is 101 Å². The van der Waals surface area contributed by atoms with E-state index in [-0.39, 0.29) is 11.8 Å². The van der Waals surface area contributed by atoms with Gasteiger partial charge >= 0.3 is 5.97 Å². The molecule has 0 radical (unpaired) electrons. The number of aliphatic carboxylic acids is 1. The van der Waals surface area contributed by atoms with Crippen LogP contribution < -0.4 is 4.74 Å². The molecule has 1 aliphatic carbocycles. The van der Waals surface area contributed by atoms with Crippen LogP contribution in [0.2, 0.25) is 0 Å². The van der Waals surface area contributed by atoms with Crippen LogP contribution in [-0.2, 0) is 10.2 Å². The van der Waals surface area contributed by atoms with Gasteiger partial charge in [0, 0.05) is 5.41 Å². The average molecular weight is 234 g/mol. The predicted octanol–water partition coefficient (Wildman–Crippen LogP) is 2.98. The average Bonchev–Trinajstić information content (AvgIpc) is 2.25. The van der Waals surface area contributed by atoms with Gasteiger partial charge in [0.2, 0.25) is 0 Å². The largest absolute Gasteiger partial charge is 0.494 e. The molecule has 1 aromatic carbocycles. The molecule has 0 atom stereocenters. The Bertz CT molecular complexity index is 390. The van der Waals surface area contributed by atoms with Crippen molar-refractivity contribution in [2.75, 3.05) is 6.61 Å². The number of carboxylic acid groups (broad SMARTS) is 1. The monoisotopic (exact) mass is 234 g/mol. The Balaban J connectivity index is 2.17. The van der Waals surface area contributed by atoms with E-state index in [0.29, 0.717) is 6.61 Å². The van der Waals surface area contributed by atoms with E-state index in [9.17, 15) is 4.79 Å². The zero-order valence-electron chi connectivity index (χ0n) is 10.1. The van der Waals surface area contributed by atoms with Gasteiger partial charge in [-0.25, -0.2) is 0 Å². The second kappa shape index (κ2) is 4.78. The molecule has 3 nitrogen and oxygen atoms in total. The van der Waals surface area contributed by atoms with E-state index in [2.05, 4.69) is 0 Å². The fraction of sp³-hybridized carbons (Fsp3) is 0.500. The van der Waals surface area contributed by atoms with E-state index in [1.54, 1.807) is 0 Å². The number of rotatable bonds is 5. The lowest BCUT2D eigenvalue weighted by Crippen LogP contribution is -2.36. The Morgan fingerprint density at radius 3 is 2.41 bits per heavy atom. The maximum Gasteiger partial charge on any atom is 0.304 e. The van der Waals surface area contributed by atoms with Crippen molar-refractivity contribution >= 4 is 5.97 Å². The standard InChI is InChI=1S/C14H18O3/c1-2-17-12-6-4-11(5-7-12)14(8-3-9-14)10-13(15)16/h4-7H,2-3,8-10H2,1H3,(H,15,16). The molecule has 0 aliphatic heterocycles. The number of benzene rings is 1. The van der Waals surface area contributed by atoms with Gasteiger partial charge < -0.3 is 9.84 Å². The molecular weight excluding hydrogens is 216 g/mol. The van der Waals surface area contributed by atoms with Gasteiger partial charge in [0.1, 0.15) is 5.75 Å². The third-order valence-electron chi connectivity index (χ3n) is 3.58. The molecule has 2 rings (SSSR count). The van der Waals surface area contributed by atoms with E-state index >= 15 is 0 Å². The van der Waals surface area contributed by atoms with Crippen LogP contribution in [0.25, 0.3) is 0 Å². The van der Waals surface area contributed by atoms with Crippen molar-refractivity contribution in [2.24, 2.45) is 0 Å². The molecule has 1 aromatic rings. The smallest absolute Gasteiger partial charge is 0.304 e. The van der Waals surface area contributed by atoms with Gasteiger partial charge in [-0.3, -0.25) is 4.79 Å². The van der Waals surface area contributed by atoms with Crippen molar-refractivity contribution in [3.05, 3.63) is 29.8 Å². The van der Waals surface area contributed by atoms with E-state index in [1.165, 1.54) is 0 Å². The first-order chi connectivity index (χ1) is 8.16. The Morgan fingerprint density at radius 1 is 1.35 bits per heavy atom. The number of hydrogen-bond acceptors (Lipinski definition) is 2. The van der Waals surface area contributed by atoms with Gasteiger partial charge in [-0.1, -0.05) is 18.6 Å². The molecule has 0 spiro atoms. The highest BCUT2D eigenvalue weighted by Crippen LogP contribution is 2.46. The van der Waals surface area contributed by atoms with Crippen molar-refractivity contribution < 1.29 is 14.6 Å². The predicted molar refractivity (Wildman–Crippen MR) is 65.4 cm³/mol. The lowest BCUT2D eigenvalue weighted by molar-refractivity contribution is -0.139. The first kappa shape index (κ1) is 12.0. The topological polar surface area (TPSA) is 46.5 Å². The third kappa shape index (κ3) is 2.43. The SMILES string of the molecule is CCOc1ccc(C2(CC(=O)O)CCC2)cc1. The third-order valence-corrected chi connectivity index (χ3v) is 3.58. The summed E-state index contributed by atoms with van der Waals surface area (Å²) in [4.78, 5) is 10.9. The molecule has 1 saturated carbocycles. The Hall–Kier alpha value is -1.51. The summed E-state index contributed by atoms with van der Waals surface area (Å²) in [5.74, 6) is 0.139. The molecule has 0 amide bonds. The molecule has 3 heteroatoms. The normalized spacial score (nSPS) is 17.2. The number of ether oxygens (including phenoxy) is 1. The molecule has 1 aliphatic rings. The zero-order valence-corrected chi connectivity index (χ0v) is 10.1. The molecule has 1 fully saturated rings. The quantitative estimate of drug-likeness (QED) is 0.852. The lowest BCUT2D eigenvalue weighted by atomic mass is 9.62. The molecule has 0 aromatic heterocycles. The highest BCUT2D eigenvalue weighted by Gasteiger charge is 2.40. The van der Waals surface area contributed by atoms with E-state index in [1.807, 2.05) is 31.2 Å². The number of hydrogen-bond donors (Lipinski definition) is 1. The minimum absolute atomic E-state index is 0.128. The van der Waals surface area contributed by atoms with Crippen LogP contribution in [0, 0.1) is 0 Å². The second-order valence-corrected chi connectivity index (χ2v) is 4.66. The van der Waals surface area contributed by atoms with Gasteiger partial charge in [-0.15, -0.1) is 0 Å². The number of carboxylic acids is 1. The maximum absolute atomic E-state index is 10.9. The minimum atomic E-state index is -0.710. The first-order valence-electron chi connectivity index (χ1n) is 6.11. The van der Waals surface area contributed by atoms with Crippen LogP contribution in [0.4, 0.5) is 0 Å². The summed E-state index contributed by atoms with van der Waals surface area (Å²) in [7, 11) is 0. The maximum atomic E-state index is 10.9. The summed E-state index contributed by atoms with van der Waals surface area (Å²) in [6, 6.07) is 7.88. The van der Waals surface area contributed by atoms with Gasteiger partial charge in [0.25, 0.3) is 0 Å². The fourth-order valence-electron chi connectivity index (χ4n) is 2.53. The van der Waals surface area contributed by atoms with Crippen molar-refractivity contribution in [1.82, 2.24) is 0 Å². The summed E-state index contributed by atoms with van der Waals surface area (Å²) < 4.78 is 5.39. The fourth-order valence-corrected chi connectivity index (χ4v) is 2.53. The molecule has 0 heterocycles. The van der Waals surface area contributed by atoms with Crippen molar-refractivity contribution in [3.63, 3.8) is 0 Å². The van der Waals surface area contributed by atoms with E-state index in [4.69, 9.17) is 9.84 Å². The summed E-state index contributed by atoms with van der Waals surface area (Å²) in [5.41, 5.74) is 1.01. The summed E-state index contributed by atoms with van der Waals surface area (Å²) in [6.45, 7) is 2.60. The van der Waals surface area contributed by atoms with E-state index < -0.39 is 5.97 Å². The molecular formula is C14H18O3. The molecule has 0 saturated heterocycles. The van der Waals surface area contributed by atoms with Crippen LogP contribution >= 0.6 is 0 Å². The summed E-state index contributed by atoms with van der Waals surface area (Å²) >= 11 is 0. The highest BCUT2D eigenvalue weighted by molar-refractivity contribution is 5.69. The van der Waals surface area contributed by atoms with Crippen LogP contribution in [0.3, 0.4) is 0 Å². The van der Waals surface area contributed by atoms with Gasteiger partial charge in [-0.2, -0.15) is 0 Å².